The van der Waals surface area contributed by atoms with E-state index in [1.54, 1.807) is 0 Å². The van der Waals surface area contributed by atoms with E-state index in [0.717, 1.165) is 11.5 Å². The quantitative estimate of drug-likeness (QED) is 0.714. The van der Waals surface area contributed by atoms with Crippen LogP contribution in [0.2, 0.25) is 0 Å². The zero-order valence-electron chi connectivity index (χ0n) is 11.6. The van der Waals surface area contributed by atoms with Gasteiger partial charge in [-0.05, 0) is 25.7 Å². The molecule has 0 bridgehead atoms. The fourth-order valence-corrected chi connectivity index (χ4v) is 2.18. The molecule has 0 atom stereocenters. The normalized spacial score (nSPS) is 16.6. The third-order valence-corrected chi connectivity index (χ3v) is 3.93. The van der Waals surface area contributed by atoms with Gasteiger partial charge in [-0.3, -0.25) is 0 Å². The molecule has 0 aromatic carbocycles. The minimum Gasteiger partial charge on any atom is -0.361 e. The molecule has 2 heteroatoms. The van der Waals surface area contributed by atoms with Crippen molar-refractivity contribution in [2.75, 3.05) is 0 Å². The predicted octanol–water partition coefficient (Wildman–Crippen LogP) is 4.53. The molecule has 1 fully saturated rings. The maximum absolute atomic E-state index is 5.63. The Hall–Kier alpha value is -1.05. The van der Waals surface area contributed by atoms with E-state index in [4.69, 9.17) is 4.52 Å². The molecule has 0 spiro atoms. The van der Waals surface area contributed by atoms with Crippen LogP contribution in [0, 0.1) is 0 Å². The Kier molecular flexibility index (Phi) is 2.92. The standard InChI is InChI=1S/C15H23NO/c1-9(2)13-12(15(5,6)10(3)4)14(17-16-13)11-7-8-11/h9,11H,3,7-8H2,1-2,4-6H3. The third-order valence-electron chi connectivity index (χ3n) is 3.93. The SMILES string of the molecule is C=C(C)C(C)(C)c1c(C(C)C)noc1C1CC1. The lowest BCUT2D eigenvalue weighted by Gasteiger charge is -2.26. The Balaban J connectivity index is 2.55. The zero-order valence-corrected chi connectivity index (χ0v) is 11.6. The molecule has 0 amide bonds. The van der Waals surface area contributed by atoms with E-state index >= 15 is 0 Å². The van der Waals surface area contributed by atoms with E-state index in [2.05, 4.69) is 46.4 Å². The van der Waals surface area contributed by atoms with Crippen molar-refractivity contribution in [3.8, 4) is 0 Å². The zero-order chi connectivity index (χ0) is 12.8. The summed E-state index contributed by atoms with van der Waals surface area (Å²) in [5.41, 5.74) is 3.53. The largest absolute Gasteiger partial charge is 0.361 e. The highest BCUT2D eigenvalue weighted by molar-refractivity contribution is 5.41. The van der Waals surface area contributed by atoms with Crippen LogP contribution in [0.1, 0.15) is 76.3 Å². The first-order chi connectivity index (χ1) is 7.85. The van der Waals surface area contributed by atoms with E-state index in [0.29, 0.717) is 11.8 Å². The van der Waals surface area contributed by atoms with Crippen LogP contribution in [0.25, 0.3) is 0 Å². The molecular formula is C15H23NO. The van der Waals surface area contributed by atoms with Crippen LogP contribution in [0.15, 0.2) is 16.7 Å². The molecule has 1 saturated carbocycles. The minimum absolute atomic E-state index is 0.0441. The van der Waals surface area contributed by atoms with E-state index in [-0.39, 0.29) is 5.41 Å². The fourth-order valence-electron chi connectivity index (χ4n) is 2.18. The van der Waals surface area contributed by atoms with E-state index in [1.807, 2.05) is 0 Å². The molecular weight excluding hydrogens is 210 g/mol. The van der Waals surface area contributed by atoms with Gasteiger partial charge in [0, 0.05) is 16.9 Å². The van der Waals surface area contributed by atoms with Gasteiger partial charge in [-0.25, -0.2) is 0 Å². The number of allylic oxidation sites excluding steroid dienone is 1. The highest BCUT2D eigenvalue weighted by Crippen LogP contribution is 2.48. The predicted molar refractivity (Wildman–Crippen MR) is 70.4 cm³/mol. The second-order valence-electron chi connectivity index (χ2n) is 6.14. The van der Waals surface area contributed by atoms with Crippen molar-refractivity contribution in [1.82, 2.24) is 5.16 Å². The van der Waals surface area contributed by atoms with Gasteiger partial charge in [-0.1, -0.05) is 45.0 Å². The van der Waals surface area contributed by atoms with E-state index < -0.39 is 0 Å². The lowest BCUT2D eigenvalue weighted by Crippen LogP contribution is -2.21. The monoisotopic (exact) mass is 233 g/mol. The topological polar surface area (TPSA) is 26.0 Å². The third kappa shape index (κ3) is 2.05. The smallest absolute Gasteiger partial charge is 0.144 e. The Morgan fingerprint density at radius 3 is 2.41 bits per heavy atom. The van der Waals surface area contributed by atoms with Gasteiger partial charge < -0.3 is 4.52 Å². The molecule has 0 radical (unpaired) electrons. The van der Waals surface area contributed by atoms with Crippen molar-refractivity contribution < 1.29 is 4.52 Å². The molecule has 0 N–H and O–H groups in total. The van der Waals surface area contributed by atoms with E-state index in [1.165, 1.54) is 24.0 Å². The molecule has 0 aliphatic heterocycles. The minimum atomic E-state index is -0.0441. The molecule has 1 aromatic heterocycles. The van der Waals surface area contributed by atoms with Crippen molar-refractivity contribution in [2.45, 2.75) is 64.7 Å². The summed E-state index contributed by atoms with van der Waals surface area (Å²) in [6.07, 6.45) is 2.48. The second-order valence-corrected chi connectivity index (χ2v) is 6.14. The van der Waals surface area contributed by atoms with Crippen molar-refractivity contribution in [2.24, 2.45) is 0 Å². The number of rotatable bonds is 4. The highest BCUT2D eigenvalue weighted by Gasteiger charge is 2.39. The number of hydrogen-bond donors (Lipinski definition) is 0. The summed E-state index contributed by atoms with van der Waals surface area (Å²) in [7, 11) is 0. The summed E-state index contributed by atoms with van der Waals surface area (Å²) in [4.78, 5) is 0. The molecule has 0 saturated heterocycles. The Morgan fingerprint density at radius 2 is 2.00 bits per heavy atom. The lowest BCUT2D eigenvalue weighted by atomic mass is 9.76. The summed E-state index contributed by atoms with van der Waals surface area (Å²) in [5, 5.41) is 4.31. The van der Waals surface area contributed by atoms with Crippen molar-refractivity contribution in [3.63, 3.8) is 0 Å². The van der Waals surface area contributed by atoms with Crippen molar-refractivity contribution in [1.29, 1.82) is 0 Å². The van der Waals surface area contributed by atoms with Crippen LogP contribution in [0.4, 0.5) is 0 Å². The maximum Gasteiger partial charge on any atom is 0.144 e. The van der Waals surface area contributed by atoms with Crippen LogP contribution >= 0.6 is 0 Å². The molecule has 0 unspecified atom stereocenters. The summed E-state index contributed by atoms with van der Waals surface area (Å²) in [5.74, 6) is 2.12. The summed E-state index contributed by atoms with van der Waals surface area (Å²) in [6.45, 7) is 15.0. The van der Waals surface area contributed by atoms with Gasteiger partial charge in [-0.2, -0.15) is 0 Å². The van der Waals surface area contributed by atoms with Crippen LogP contribution in [0.3, 0.4) is 0 Å². The second kappa shape index (κ2) is 4.01. The average molecular weight is 233 g/mol. The first-order valence-electron chi connectivity index (χ1n) is 6.51. The molecule has 2 nitrogen and oxygen atoms in total. The van der Waals surface area contributed by atoms with Crippen LogP contribution < -0.4 is 0 Å². The van der Waals surface area contributed by atoms with Crippen molar-refractivity contribution in [3.05, 3.63) is 29.2 Å². The summed E-state index contributed by atoms with van der Waals surface area (Å²) >= 11 is 0. The van der Waals surface area contributed by atoms with Crippen molar-refractivity contribution >= 4 is 0 Å². The first-order valence-corrected chi connectivity index (χ1v) is 6.51. The van der Waals surface area contributed by atoms with Gasteiger partial charge in [0.25, 0.3) is 0 Å². The molecule has 1 aliphatic carbocycles. The maximum atomic E-state index is 5.63. The van der Waals surface area contributed by atoms with Crippen LogP contribution in [0.5, 0.6) is 0 Å². The average Bonchev–Trinajstić information content (AvgIpc) is 2.95. The molecule has 17 heavy (non-hydrogen) atoms. The van der Waals surface area contributed by atoms with Crippen LogP contribution in [-0.4, -0.2) is 5.16 Å². The van der Waals surface area contributed by atoms with Gasteiger partial charge in [-0.15, -0.1) is 0 Å². The van der Waals surface area contributed by atoms with E-state index in [9.17, 15) is 0 Å². The molecule has 1 aromatic rings. The first kappa shape index (κ1) is 12.4. The molecule has 94 valence electrons. The van der Waals surface area contributed by atoms with Gasteiger partial charge in [0.05, 0.1) is 5.69 Å². The Bertz CT molecular complexity index is 416. The van der Waals surface area contributed by atoms with Crippen LogP contribution in [-0.2, 0) is 5.41 Å². The van der Waals surface area contributed by atoms with Gasteiger partial charge >= 0.3 is 0 Å². The Morgan fingerprint density at radius 1 is 1.41 bits per heavy atom. The molecule has 2 rings (SSSR count). The molecule has 1 heterocycles. The Labute approximate surface area is 104 Å². The van der Waals surface area contributed by atoms with Gasteiger partial charge in [0.2, 0.25) is 0 Å². The fraction of sp³-hybridized carbons (Fsp3) is 0.667. The lowest BCUT2D eigenvalue weighted by molar-refractivity contribution is 0.373. The summed E-state index contributed by atoms with van der Waals surface area (Å²) in [6, 6.07) is 0. The molecule has 1 aliphatic rings. The highest BCUT2D eigenvalue weighted by atomic mass is 16.5. The summed E-state index contributed by atoms with van der Waals surface area (Å²) < 4.78 is 5.63. The van der Waals surface area contributed by atoms with Gasteiger partial charge in [0.15, 0.2) is 0 Å². The van der Waals surface area contributed by atoms with Gasteiger partial charge in [0.1, 0.15) is 5.76 Å². The number of aromatic nitrogens is 1. The number of hydrogen-bond acceptors (Lipinski definition) is 2. The number of nitrogens with zero attached hydrogens (tertiary/aromatic N) is 1.